The number of nitrogens with zero attached hydrogens (tertiary/aromatic N) is 1. The second kappa shape index (κ2) is 9.72. The number of benzene rings is 1. The zero-order valence-electron chi connectivity index (χ0n) is 21.7. The fourth-order valence-electron chi connectivity index (χ4n) is 6.73. The van der Waals surface area contributed by atoms with Gasteiger partial charge < -0.3 is 25.4 Å². The van der Waals surface area contributed by atoms with Gasteiger partial charge in [0.15, 0.2) is 0 Å². The number of aliphatic hydroxyl groups is 1. The molecule has 0 aromatic heterocycles. The van der Waals surface area contributed by atoms with Crippen LogP contribution in [0.15, 0.2) is 30.3 Å². The molecule has 3 saturated heterocycles. The van der Waals surface area contributed by atoms with Crippen molar-refractivity contribution in [1.29, 1.82) is 0 Å². The number of amides is 3. The maximum atomic E-state index is 13.9. The first-order valence-corrected chi connectivity index (χ1v) is 13.6. The van der Waals surface area contributed by atoms with Crippen LogP contribution in [0.4, 0.5) is 5.69 Å². The lowest BCUT2D eigenvalue weighted by molar-refractivity contribution is -0.142. The van der Waals surface area contributed by atoms with Crippen molar-refractivity contribution in [2.45, 2.75) is 82.0 Å². The molecule has 1 aromatic rings. The number of alkyl halides is 1. The number of halogens is 1. The van der Waals surface area contributed by atoms with Crippen LogP contribution >= 0.6 is 15.9 Å². The Bertz CT molecular complexity index is 1010. The van der Waals surface area contributed by atoms with Crippen LogP contribution in [0.2, 0.25) is 0 Å². The predicted octanol–water partition coefficient (Wildman–Crippen LogP) is 3.09. The highest BCUT2D eigenvalue weighted by Gasteiger charge is 2.76. The molecule has 0 radical (unpaired) electrons. The average molecular weight is 565 g/mol. The third-order valence-electron chi connectivity index (χ3n) is 7.37. The second-order valence-corrected chi connectivity index (χ2v) is 13.4. The molecule has 36 heavy (non-hydrogen) atoms. The van der Waals surface area contributed by atoms with Crippen molar-refractivity contribution in [3.8, 4) is 0 Å². The number of fused-ring (bicyclic) bond motifs is 1. The summed E-state index contributed by atoms with van der Waals surface area (Å²) in [4.78, 5) is 42.6. The Hall–Kier alpha value is -1.97. The number of likely N-dealkylation sites (tertiary alicyclic amines) is 1. The Labute approximate surface area is 221 Å². The van der Waals surface area contributed by atoms with E-state index in [1.807, 2.05) is 32.0 Å². The van der Waals surface area contributed by atoms with E-state index >= 15 is 0 Å². The third kappa shape index (κ3) is 4.94. The Kier molecular flexibility index (Phi) is 7.31. The van der Waals surface area contributed by atoms with E-state index < -0.39 is 35.1 Å². The van der Waals surface area contributed by atoms with Gasteiger partial charge in [0, 0.05) is 29.2 Å². The molecule has 8 nitrogen and oxygen atoms in total. The summed E-state index contributed by atoms with van der Waals surface area (Å²) < 4.78 is 6.50. The van der Waals surface area contributed by atoms with E-state index in [4.69, 9.17) is 4.74 Å². The first-order chi connectivity index (χ1) is 16.8. The molecule has 4 rings (SSSR count). The van der Waals surface area contributed by atoms with E-state index in [0.29, 0.717) is 18.5 Å². The minimum Gasteiger partial charge on any atom is -0.396 e. The number of aliphatic hydroxyl groups excluding tert-OH is 1. The van der Waals surface area contributed by atoms with Crippen molar-refractivity contribution in [1.82, 2.24) is 10.2 Å². The molecule has 0 aliphatic carbocycles. The maximum absolute atomic E-state index is 13.9. The molecule has 3 aliphatic rings. The van der Waals surface area contributed by atoms with Gasteiger partial charge in [-0.05, 0) is 50.7 Å². The number of rotatable bonds is 8. The number of hydrogen-bond donors (Lipinski definition) is 3. The molecular formula is C27H38BrN3O5. The Morgan fingerprint density at radius 1 is 1.17 bits per heavy atom. The summed E-state index contributed by atoms with van der Waals surface area (Å²) in [5.74, 6) is -2.31. The van der Waals surface area contributed by atoms with Crippen molar-refractivity contribution in [2.24, 2.45) is 17.3 Å². The molecule has 0 saturated carbocycles. The topological polar surface area (TPSA) is 108 Å². The van der Waals surface area contributed by atoms with Crippen molar-refractivity contribution in [2.75, 3.05) is 18.5 Å². The number of ether oxygens (including phenoxy) is 1. The number of hydrogen-bond acceptors (Lipinski definition) is 5. The molecule has 3 amide bonds. The minimum absolute atomic E-state index is 0.0104. The lowest BCUT2D eigenvalue weighted by atomic mass is 9.70. The molecule has 3 N–H and O–H groups in total. The van der Waals surface area contributed by atoms with Crippen LogP contribution in [0.25, 0.3) is 0 Å². The van der Waals surface area contributed by atoms with Gasteiger partial charge in [0.05, 0.1) is 17.9 Å². The highest BCUT2D eigenvalue weighted by molar-refractivity contribution is 9.09. The zero-order valence-corrected chi connectivity index (χ0v) is 23.3. The van der Waals surface area contributed by atoms with Crippen LogP contribution in [0.5, 0.6) is 0 Å². The smallest absolute Gasteiger partial charge is 0.246 e. The molecule has 2 bridgehead atoms. The van der Waals surface area contributed by atoms with Gasteiger partial charge in [-0.2, -0.15) is 0 Å². The number of para-hydroxylation sites is 1. The standard InChI is InChI=1S/C27H38BrN3O5/c1-25(2,3)15-26(4,5)30-23(34)21-27-14-17(28)20(36-27)18(19(27)24(35)31(21)12-9-13-32)22(33)29-16-10-7-6-8-11-16/h6-8,10-11,17-21,32H,9,12-15H2,1-5H3,(H,29,33)(H,30,34)/t17?,18-,19-,20-,21?,27?/m0/s1. The lowest BCUT2D eigenvalue weighted by Crippen LogP contribution is -2.59. The minimum atomic E-state index is -1.11. The predicted molar refractivity (Wildman–Crippen MR) is 140 cm³/mol. The Morgan fingerprint density at radius 2 is 1.83 bits per heavy atom. The molecule has 3 unspecified atom stereocenters. The van der Waals surface area contributed by atoms with Crippen molar-refractivity contribution >= 4 is 39.3 Å². The zero-order chi connectivity index (χ0) is 26.5. The van der Waals surface area contributed by atoms with E-state index in [-0.39, 0.29) is 41.1 Å². The fourth-order valence-corrected chi connectivity index (χ4v) is 7.67. The number of anilines is 1. The van der Waals surface area contributed by atoms with E-state index in [2.05, 4.69) is 47.3 Å². The van der Waals surface area contributed by atoms with Crippen molar-refractivity contribution in [3.05, 3.63) is 30.3 Å². The third-order valence-corrected chi connectivity index (χ3v) is 8.22. The summed E-state index contributed by atoms with van der Waals surface area (Å²) in [6.45, 7) is 10.4. The second-order valence-electron chi connectivity index (χ2n) is 12.2. The Morgan fingerprint density at radius 3 is 2.44 bits per heavy atom. The van der Waals surface area contributed by atoms with Crippen LogP contribution in [0.1, 0.15) is 53.9 Å². The van der Waals surface area contributed by atoms with Crippen molar-refractivity contribution < 1.29 is 24.2 Å². The molecule has 198 valence electrons. The molecule has 3 heterocycles. The summed E-state index contributed by atoms with van der Waals surface area (Å²) in [6.07, 6.45) is 1.02. The first kappa shape index (κ1) is 27.1. The Balaban J connectivity index is 1.67. The summed E-state index contributed by atoms with van der Waals surface area (Å²) in [6, 6.07) is 8.25. The van der Waals surface area contributed by atoms with Gasteiger partial charge in [0.2, 0.25) is 17.7 Å². The molecule has 9 heteroatoms. The summed E-state index contributed by atoms with van der Waals surface area (Å²) in [5.41, 5.74) is -0.981. The number of nitrogens with one attached hydrogen (secondary N) is 2. The van der Waals surface area contributed by atoms with Gasteiger partial charge in [-0.15, -0.1) is 0 Å². The van der Waals surface area contributed by atoms with Gasteiger partial charge in [-0.1, -0.05) is 54.9 Å². The van der Waals surface area contributed by atoms with Gasteiger partial charge in [-0.25, -0.2) is 0 Å². The molecule has 3 aliphatic heterocycles. The monoisotopic (exact) mass is 563 g/mol. The van der Waals surface area contributed by atoms with Crippen LogP contribution in [0.3, 0.4) is 0 Å². The highest BCUT2D eigenvalue weighted by atomic mass is 79.9. The van der Waals surface area contributed by atoms with Crippen LogP contribution in [-0.4, -0.2) is 69.0 Å². The molecule has 3 fully saturated rings. The van der Waals surface area contributed by atoms with E-state index in [9.17, 15) is 19.5 Å². The SMILES string of the molecule is CC(C)(C)CC(C)(C)NC(=O)C1N(CCCO)C(=O)[C@@H]2[C@H](C(=O)Nc3ccccc3)[C@H]3OC12CC3Br. The van der Waals surface area contributed by atoms with Crippen LogP contribution in [0, 0.1) is 17.3 Å². The highest BCUT2D eigenvalue weighted by Crippen LogP contribution is 2.60. The van der Waals surface area contributed by atoms with Gasteiger partial charge in [0.1, 0.15) is 11.6 Å². The molecular weight excluding hydrogens is 526 g/mol. The number of carbonyl (C=O) groups excluding carboxylic acids is 3. The molecule has 6 atom stereocenters. The quantitative estimate of drug-likeness (QED) is 0.421. The summed E-state index contributed by atoms with van der Waals surface area (Å²) in [7, 11) is 0. The fraction of sp³-hybridized carbons (Fsp3) is 0.667. The maximum Gasteiger partial charge on any atom is 0.246 e. The van der Waals surface area contributed by atoms with Gasteiger partial charge in [-0.3, -0.25) is 14.4 Å². The van der Waals surface area contributed by atoms with E-state index in [1.165, 1.54) is 4.90 Å². The normalized spacial score (nSPS) is 31.5. The van der Waals surface area contributed by atoms with Crippen LogP contribution < -0.4 is 10.6 Å². The molecule has 1 spiro atoms. The van der Waals surface area contributed by atoms with Gasteiger partial charge >= 0.3 is 0 Å². The molecule has 1 aromatic carbocycles. The average Bonchev–Trinajstić information content (AvgIpc) is 3.34. The van der Waals surface area contributed by atoms with Gasteiger partial charge in [0.25, 0.3) is 0 Å². The van der Waals surface area contributed by atoms with Crippen LogP contribution in [-0.2, 0) is 19.1 Å². The van der Waals surface area contributed by atoms with Crippen molar-refractivity contribution in [3.63, 3.8) is 0 Å². The first-order valence-electron chi connectivity index (χ1n) is 12.7. The van der Waals surface area contributed by atoms with E-state index in [0.717, 1.165) is 6.42 Å². The largest absolute Gasteiger partial charge is 0.396 e. The lowest BCUT2D eigenvalue weighted by Gasteiger charge is -2.38. The summed E-state index contributed by atoms with van der Waals surface area (Å²) >= 11 is 3.68. The number of carbonyl (C=O) groups is 3. The van der Waals surface area contributed by atoms with E-state index in [1.54, 1.807) is 12.1 Å². The summed E-state index contributed by atoms with van der Waals surface area (Å²) in [5, 5.41) is 15.6.